The molecule has 21 heavy (non-hydrogen) atoms. The van der Waals surface area contributed by atoms with Gasteiger partial charge in [0.25, 0.3) is 0 Å². The van der Waals surface area contributed by atoms with E-state index in [2.05, 4.69) is 54.0 Å². The summed E-state index contributed by atoms with van der Waals surface area (Å²) in [7, 11) is 0. The van der Waals surface area contributed by atoms with Crippen molar-refractivity contribution < 1.29 is 5.11 Å². The molecule has 114 valence electrons. The van der Waals surface area contributed by atoms with Gasteiger partial charge in [0.15, 0.2) is 0 Å². The van der Waals surface area contributed by atoms with E-state index in [1.165, 1.54) is 38.5 Å². The molecule has 1 N–H and O–H groups in total. The second-order valence-electron chi connectivity index (χ2n) is 8.95. The molecule has 3 unspecified atom stereocenters. The molecule has 0 spiro atoms. The first-order valence-corrected chi connectivity index (χ1v) is 9.05. The van der Waals surface area contributed by atoms with Crippen LogP contribution in [0.25, 0.3) is 0 Å². The lowest BCUT2D eigenvalue weighted by atomic mass is 9.39. The Morgan fingerprint density at radius 3 is 2.10 bits per heavy atom. The van der Waals surface area contributed by atoms with Crippen LogP contribution >= 0.6 is 15.9 Å². The maximum atomic E-state index is 11.2. The molecule has 4 aliphatic rings. The Morgan fingerprint density at radius 2 is 1.57 bits per heavy atom. The number of halogens is 1. The van der Waals surface area contributed by atoms with Crippen molar-refractivity contribution >= 4 is 15.9 Å². The van der Waals surface area contributed by atoms with Crippen molar-refractivity contribution in [3.05, 3.63) is 34.3 Å². The van der Waals surface area contributed by atoms with Gasteiger partial charge in [-0.3, -0.25) is 0 Å². The molecule has 4 saturated carbocycles. The van der Waals surface area contributed by atoms with Gasteiger partial charge in [-0.2, -0.15) is 0 Å². The van der Waals surface area contributed by atoms with Crippen molar-refractivity contribution in [3.63, 3.8) is 0 Å². The summed E-state index contributed by atoms with van der Waals surface area (Å²) in [5, 5.41) is 11.2. The summed E-state index contributed by atoms with van der Waals surface area (Å²) >= 11 is 3.49. The predicted octanol–water partition coefficient (Wildman–Crippen LogP) is 5.48. The smallest absolute Gasteiger partial charge is 0.0846 e. The van der Waals surface area contributed by atoms with E-state index in [-0.39, 0.29) is 11.5 Å². The minimum atomic E-state index is -0.298. The highest BCUT2D eigenvalue weighted by Crippen LogP contribution is 2.72. The van der Waals surface area contributed by atoms with E-state index in [1.807, 2.05) is 0 Å². The molecule has 4 bridgehead atoms. The lowest BCUT2D eigenvalue weighted by Gasteiger charge is -2.66. The molecular weight excluding hydrogens is 324 g/mol. The summed E-state index contributed by atoms with van der Waals surface area (Å²) in [5.41, 5.74) is 2.15. The Kier molecular flexibility index (Phi) is 2.96. The predicted molar refractivity (Wildman–Crippen MR) is 88.9 cm³/mol. The Bertz CT molecular complexity index is 545. The summed E-state index contributed by atoms with van der Waals surface area (Å²) in [4.78, 5) is 0. The van der Waals surface area contributed by atoms with E-state index in [9.17, 15) is 5.11 Å². The molecule has 1 aromatic rings. The molecule has 4 fully saturated rings. The molecule has 1 nitrogen and oxygen atoms in total. The molecule has 5 rings (SSSR count). The van der Waals surface area contributed by atoms with Crippen molar-refractivity contribution in [1.29, 1.82) is 0 Å². The van der Waals surface area contributed by atoms with E-state index < -0.39 is 0 Å². The van der Waals surface area contributed by atoms with Gasteiger partial charge in [-0.15, -0.1) is 0 Å². The fraction of sp³-hybridized carbons (Fsp3) is 0.684. The average Bonchev–Trinajstić information content (AvgIpc) is 2.34. The van der Waals surface area contributed by atoms with Crippen LogP contribution in [0.3, 0.4) is 0 Å². The molecule has 0 aliphatic heterocycles. The van der Waals surface area contributed by atoms with Crippen LogP contribution in [0.5, 0.6) is 0 Å². The molecule has 2 heteroatoms. The van der Waals surface area contributed by atoms with Gasteiger partial charge in [0, 0.05) is 9.89 Å². The van der Waals surface area contributed by atoms with Gasteiger partial charge in [0.1, 0.15) is 0 Å². The van der Waals surface area contributed by atoms with Gasteiger partial charge >= 0.3 is 0 Å². The van der Waals surface area contributed by atoms with E-state index >= 15 is 0 Å². The van der Waals surface area contributed by atoms with Gasteiger partial charge in [-0.1, -0.05) is 41.9 Å². The van der Waals surface area contributed by atoms with Crippen molar-refractivity contribution in [2.75, 3.05) is 0 Å². The number of aliphatic hydroxyl groups is 1. The van der Waals surface area contributed by atoms with Crippen molar-refractivity contribution in [1.82, 2.24) is 0 Å². The monoisotopic (exact) mass is 348 g/mol. The minimum Gasteiger partial charge on any atom is -0.388 e. The Balaban J connectivity index is 1.72. The summed E-state index contributed by atoms with van der Waals surface area (Å²) in [6.07, 6.45) is 7.50. The summed E-state index contributed by atoms with van der Waals surface area (Å²) < 4.78 is 1.09. The van der Waals surface area contributed by atoms with Crippen LogP contribution in [0.4, 0.5) is 0 Å². The Labute approximate surface area is 136 Å². The standard InChI is InChI=1S/C19H25BrO/c1-17-7-13-8-18(2,10-17)12-19(9-13,11-17)16(21)14-3-5-15(20)6-4-14/h3-6,13,16,21H,7-12H2,1-2H3. The molecular formula is C19H25BrO. The van der Waals surface area contributed by atoms with Crippen molar-refractivity contribution in [2.45, 2.75) is 58.5 Å². The summed E-state index contributed by atoms with van der Waals surface area (Å²) in [6.45, 7) is 4.94. The third-order valence-electron chi connectivity index (χ3n) is 6.44. The lowest BCUT2D eigenvalue weighted by Crippen LogP contribution is -2.56. The first-order valence-electron chi connectivity index (χ1n) is 8.25. The highest BCUT2D eigenvalue weighted by atomic mass is 79.9. The molecule has 0 radical (unpaired) electrons. The first-order chi connectivity index (χ1) is 9.82. The van der Waals surface area contributed by atoms with Gasteiger partial charge in [-0.25, -0.2) is 0 Å². The largest absolute Gasteiger partial charge is 0.388 e. The zero-order valence-corrected chi connectivity index (χ0v) is 14.6. The maximum Gasteiger partial charge on any atom is 0.0846 e. The number of hydrogen-bond acceptors (Lipinski definition) is 1. The van der Waals surface area contributed by atoms with Crippen LogP contribution in [0.1, 0.15) is 64.0 Å². The summed E-state index contributed by atoms with van der Waals surface area (Å²) in [6, 6.07) is 8.31. The van der Waals surface area contributed by atoms with Crippen molar-refractivity contribution in [2.24, 2.45) is 22.2 Å². The number of benzene rings is 1. The van der Waals surface area contributed by atoms with Crippen LogP contribution in [0.2, 0.25) is 0 Å². The Morgan fingerprint density at radius 1 is 1.00 bits per heavy atom. The highest BCUT2D eigenvalue weighted by Gasteiger charge is 2.62. The lowest BCUT2D eigenvalue weighted by molar-refractivity contribution is -0.187. The van der Waals surface area contributed by atoms with E-state index in [1.54, 1.807) is 0 Å². The van der Waals surface area contributed by atoms with E-state index in [0.717, 1.165) is 16.0 Å². The number of hydrogen-bond donors (Lipinski definition) is 1. The fourth-order valence-corrected chi connectivity index (χ4v) is 7.10. The van der Waals surface area contributed by atoms with Gasteiger partial charge in [-0.05, 0) is 73.0 Å². The van der Waals surface area contributed by atoms with Gasteiger partial charge in [0.2, 0.25) is 0 Å². The second kappa shape index (κ2) is 4.35. The zero-order valence-electron chi connectivity index (χ0n) is 13.0. The Hall–Kier alpha value is -0.340. The average molecular weight is 349 g/mol. The maximum absolute atomic E-state index is 11.2. The highest BCUT2D eigenvalue weighted by molar-refractivity contribution is 9.10. The summed E-state index contributed by atoms with van der Waals surface area (Å²) in [5.74, 6) is 0.835. The SMILES string of the molecule is CC12CC3CC(C)(C1)CC(C(O)c1ccc(Br)cc1)(C3)C2. The van der Waals surface area contributed by atoms with Crippen LogP contribution in [0.15, 0.2) is 28.7 Å². The third-order valence-corrected chi connectivity index (χ3v) is 6.96. The molecule has 1 aromatic carbocycles. The number of rotatable bonds is 2. The van der Waals surface area contributed by atoms with E-state index in [4.69, 9.17) is 0 Å². The molecule has 0 aromatic heterocycles. The zero-order chi connectivity index (χ0) is 14.9. The van der Waals surface area contributed by atoms with Crippen LogP contribution < -0.4 is 0 Å². The third kappa shape index (κ3) is 2.21. The molecule has 3 atom stereocenters. The fourth-order valence-electron chi connectivity index (χ4n) is 6.84. The normalized spacial score (nSPS) is 45.8. The number of aliphatic hydroxyl groups excluding tert-OH is 1. The molecule has 4 aliphatic carbocycles. The van der Waals surface area contributed by atoms with Crippen molar-refractivity contribution in [3.8, 4) is 0 Å². The molecule has 0 saturated heterocycles. The molecule has 0 heterocycles. The van der Waals surface area contributed by atoms with Crippen LogP contribution in [-0.2, 0) is 0 Å². The second-order valence-corrected chi connectivity index (χ2v) is 9.86. The van der Waals surface area contributed by atoms with E-state index in [0.29, 0.717) is 10.8 Å². The van der Waals surface area contributed by atoms with Crippen LogP contribution in [0, 0.1) is 22.2 Å². The minimum absolute atomic E-state index is 0.122. The molecule has 0 amide bonds. The quantitative estimate of drug-likeness (QED) is 0.750. The van der Waals surface area contributed by atoms with Crippen LogP contribution in [-0.4, -0.2) is 5.11 Å². The van der Waals surface area contributed by atoms with Gasteiger partial charge < -0.3 is 5.11 Å². The first kappa shape index (κ1) is 14.3. The van der Waals surface area contributed by atoms with Gasteiger partial charge in [0.05, 0.1) is 6.10 Å². The topological polar surface area (TPSA) is 20.2 Å².